The number of rotatable bonds is 7. The Morgan fingerprint density at radius 1 is 0.912 bits per heavy atom. The highest BCUT2D eigenvalue weighted by Gasteiger charge is 2.18. The molecule has 3 aromatic carbocycles. The summed E-state index contributed by atoms with van der Waals surface area (Å²) in [5.41, 5.74) is 8.19. The molecule has 4 rings (SSSR count). The maximum atomic E-state index is 12.4. The number of carbonyl (C=O) groups excluding carboxylic acids is 2. The molecule has 2 amide bonds. The highest BCUT2D eigenvalue weighted by atomic mass is 32.2. The lowest BCUT2D eigenvalue weighted by Crippen LogP contribution is -2.42. The first kappa shape index (κ1) is 23.1. The minimum Gasteiger partial charge on any atom is -0.497 e. The molecule has 0 atom stereocenters. The molecule has 34 heavy (non-hydrogen) atoms. The van der Waals surface area contributed by atoms with E-state index in [1.54, 1.807) is 31.4 Å². The standard InChI is InChI=1S/C25H23N5O3S/c1-17-8-12-20(13-9-17)30-23(18-10-14-21(33-2)15-11-18)27-29-25(30)34-16-22(31)26-28-24(32)19-6-4-3-5-7-19/h3-15H,16H2,1-2H3,(H,26,31)(H,28,32). The molecule has 0 radical (unpaired) electrons. The van der Waals surface area contributed by atoms with E-state index in [0.29, 0.717) is 16.5 Å². The maximum absolute atomic E-state index is 12.4. The molecule has 0 fully saturated rings. The van der Waals surface area contributed by atoms with Gasteiger partial charge in [-0.2, -0.15) is 0 Å². The third-order valence-corrected chi connectivity index (χ3v) is 5.89. The fourth-order valence-electron chi connectivity index (χ4n) is 3.17. The minimum atomic E-state index is -0.386. The van der Waals surface area contributed by atoms with Gasteiger partial charge in [0.2, 0.25) is 5.91 Å². The number of hydrogen-bond acceptors (Lipinski definition) is 6. The van der Waals surface area contributed by atoms with Crippen LogP contribution < -0.4 is 15.6 Å². The normalized spacial score (nSPS) is 10.5. The zero-order valence-corrected chi connectivity index (χ0v) is 19.5. The van der Waals surface area contributed by atoms with Crippen molar-refractivity contribution in [2.24, 2.45) is 0 Å². The average Bonchev–Trinajstić information content (AvgIpc) is 3.31. The van der Waals surface area contributed by atoms with Crippen LogP contribution in [0.15, 0.2) is 84.0 Å². The summed E-state index contributed by atoms with van der Waals surface area (Å²) in [6.07, 6.45) is 0. The first-order chi connectivity index (χ1) is 16.5. The van der Waals surface area contributed by atoms with Crippen LogP contribution in [-0.4, -0.2) is 39.4 Å². The molecule has 0 aliphatic carbocycles. The number of methoxy groups -OCH3 is 1. The first-order valence-corrected chi connectivity index (χ1v) is 11.5. The number of hydrogen-bond donors (Lipinski definition) is 2. The number of carbonyl (C=O) groups is 2. The quantitative estimate of drug-likeness (QED) is 0.313. The van der Waals surface area contributed by atoms with Crippen molar-refractivity contribution in [3.8, 4) is 22.8 Å². The van der Waals surface area contributed by atoms with Crippen LogP contribution in [0.5, 0.6) is 5.75 Å². The predicted molar refractivity (Wildman–Crippen MR) is 131 cm³/mol. The predicted octanol–water partition coefficient (Wildman–Crippen LogP) is 3.80. The number of amides is 2. The third-order valence-electron chi connectivity index (χ3n) is 4.96. The highest BCUT2D eigenvalue weighted by molar-refractivity contribution is 7.99. The van der Waals surface area contributed by atoms with Crippen molar-refractivity contribution in [3.05, 3.63) is 90.0 Å². The van der Waals surface area contributed by atoms with E-state index in [0.717, 1.165) is 22.6 Å². The fraction of sp³-hybridized carbons (Fsp3) is 0.120. The van der Waals surface area contributed by atoms with E-state index >= 15 is 0 Å². The van der Waals surface area contributed by atoms with Crippen molar-refractivity contribution in [1.82, 2.24) is 25.6 Å². The van der Waals surface area contributed by atoms with E-state index in [4.69, 9.17) is 4.74 Å². The van der Waals surface area contributed by atoms with E-state index in [1.807, 2.05) is 66.1 Å². The van der Waals surface area contributed by atoms with E-state index in [-0.39, 0.29) is 17.6 Å². The van der Waals surface area contributed by atoms with Gasteiger partial charge in [-0.25, -0.2) is 0 Å². The smallest absolute Gasteiger partial charge is 0.269 e. The monoisotopic (exact) mass is 473 g/mol. The molecule has 0 saturated carbocycles. The molecule has 0 bridgehead atoms. The maximum Gasteiger partial charge on any atom is 0.269 e. The SMILES string of the molecule is COc1ccc(-c2nnc(SCC(=O)NNC(=O)c3ccccc3)n2-c2ccc(C)cc2)cc1. The second-order valence-electron chi connectivity index (χ2n) is 7.36. The number of aryl methyl sites for hydroxylation is 1. The molecule has 0 unspecified atom stereocenters. The number of hydrazine groups is 1. The van der Waals surface area contributed by atoms with Crippen molar-refractivity contribution in [3.63, 3.8) is 0 Å². The number of aromatic nitrogens is 3. The second-order valence-corrected chi connectivity index (χ2v) is 8.31. The largest absolute Gasteiger partial charge is 0.497 e. The van der Waals surface area contributed by atoms with Crippen LogP contribution in [0.3, 0.4) is 0 Å². The molecule has 4 aromatic rings. The fourth-order valence-corrected chi connectivity index (χ4v) is 3.92. The molecule has 1 heterocycles. The summed E-state index contributed by atoms with van der Waals surface area (Å²) in [4.78, 5) is 24.5. The summed E-state index contributed by atoms with van der Waals surface area (Å²) in [5, 5.41) is 9.26. The summed E-state index contributed by atoms with van der Waals surface area (Å²) < 4.78 is 7.15. The molecule has 0 aliphatic heterocycles. The Hall–Kier alpha value is -4.11. The van der Waals surface area contributed by atoms with E-state index in [9.17, 15) is 9.59 Å². The number of thioether (sulfide) groups is 1. The lowest BCUT2D eigenvalue weighted by molar-refractivity contribution is -0.119. The lowest BCUT2D eigenvalue weighted by Gasteiger charge is -2.11. The average molecular weight is 474 g/mol. The van der Waals surface area contributed by atoms with Crippen LogP contribution in [0.2, 0.25) is 0 Å². The van der Waals surface area contributed by atoms with Crippen LogP contribution in [0.25, 0.3) is 17.1 Å². The summed E-state index contributed by atoms with van der Waals surface area (Å²) >= 11 is 1.23. The van der Waals surface area contributed by atoms with Gasteiger partial charge in [-0.15, -0.1) is 10.2 Å². The summed E-state index contributed by atoms with van der Waals surface area (Å²) in [5.74, 6) is 0.685. The lowest BCUT2D eigenvalue weighted by atomic mass is 10.2. The molecule has 1 aromatic heterocycles. The zero-order valence-electron chi connectivity index (χ0n) is 18.7. The van der Waals surface area contributed by atoms with E-state index in [1.165, 1.54) is 11.8 Å². The number of ether oxygens (including phenoxy) is 1. The molecule has 0 aliphatic rings. The second kappa shape index (κ2) is 10.7. The molecule has 8 nitrogen and oxygen atoms in total. The van der Waals surface area contributed by atoms with Crippen molar-refractivity contribution in [1.29, 1.82) is 0 Å². The van der Waals surface area contributed by atoms with E-state index in [2.05, 4.69) is 21.0 Å². The van der Waals surface area contributed by atoms with Gasteiger partial charge >= 0.3 is 0 Å². The molecular formula is C25H23N5O3S. The Kier molecular flexibility index (Phi) is 7.24. The van der Waals surface area contributed by atoms with Crippen LogP contribution >= 0.6 is 11.8 Å². The van der Waals surface area contributed by atoms with Gasteiger partial charge in [-0.05, 0) is 55.5 Å². The van der Waals surface area contributed by atoms with Crippen molar-refractivity contribution in [2.45, 2.75) is 12.1 Å². The van der Waals surface area contributed by atoms with Gasteiger partial charge in [0.05, 0.1) is 12.9 Å². The van der Waals surface area contributed by atoms with Crippen LogP contribution in [0.1, 0.15) is 15.9 Å². The van der Waals surface area contributed by atoms with Gasteiger partial charge in [0.15, 0.2) is 11.0 Å². The van der Waals surface area contributed by atoms with Crippen LogP contribution in [0.4, 0.5) is 0 Å². The number of nitrogens with one attached hydrogen (secondary N) is 2. The van der Waals surface area contributed by atoms with Gasteiger partial charge in [0.1, 0.15) is 5.75 Å². The van der Waals surface area contributed by atoms with Gasteiger partial charge in [0, 0.05) is 16.8 Å². The molecule has 172 valence electrons. The Bertz CT molecular complexity index is 1270. The topological polar surface area (TPSA) is 98.1 Å². The first-order valence-electron chi connectivity index (χ1n) is 10.5. The zero-order chi connectivity index (χ0) is 23.9. The molecule has 0 spiro atoms. The third kappa shape index (κ3) is 5.44. The van der Waals surface area contributed by atoms with Crippen LogP contribution in [0, 0.1) is 6.92 Å². The van der Waals surface area contributed by atoms with Gasteiger partial charge in [-0.1, -0.05) is 47.7 Å². The Morgan fingerprint density at radius 2 is 1.62 bits per heavy atom. The van der Waals surface area contributed by atoms with Crippen molar-refractivity contribution < 1.29 is 14.3 Å². The molecule has 2 N–H and O–H groups in total. The molecular weight excluding hydrogens is 450 g/mol. The summed E-state index contributed by atoms with van der Waals surface area (Å²) in [6, 6.07) is 24.2. The number of nitrogens with zero attached hydrogens (tertiary/aromatic N) is 3. The molecule has 0 saturated heterocycles. The van der Waals surface area contributed by atoms with Gasteiger partial charge in [-0.3, -0.25) is 25.0 Å². The Balaban J connectivity index is 1.50. The van der Waals surface area contributed by atoms with Gasteiger partial charge < -0.3 is 4.74 Å². The Morgan fingerprint density at radius 3 is 2.29 bits per heavy atom. The van der Waals surface area contributed by atoms with Crippen LogP contribution in [-0.2, 0) is 4.79 Å². The van der Waals surface area contributed by atoms with E-state index < -0.39 is 0 Å². The number of benzene rings is 3. The summed E-state index contributed by atoms with van der Waals surface area (Å²) in [7, 11) is 1.62. The van der Waals surface area contributed by atoms with Crippen molar-refractivity contribution >= 4 is 23.6 Å². The Labute approximate surface area is 201 Å². The highest BCUT2D eigenvalue weighted by Crippen LogP contribution is 2.29. The minimum absolute atomic E-state index is 0.0433. The molecule has 9 heteroatoms. The van der Waals surface area contributed by atoms with Gasteiger partial charge in [0.25, 0.3) is 5.91 Å². The summed E-state index contributed by atoms with van der Waals surface area (Å²) in [6.45, 7) is 2.02. The van der Waals surface area contributed by atoms with Crippen molar-refractivity contribution in [2.75, 3.05) is 12.9 Å².